The summed E-state index contributed by atoms with van der Waals surface area (Å²) in [5.41, 5.74) is 2.86. The first-order valence-electron chi connectivity index (χ1n) is 5.64. The van der Waals surface area contributed by atoms with E-state index in [1.807, 2.05) is 0 Å². The van der Waals surface area contributed by atoms with Gasteiger partial charge in [0.1, 0.15) is 5.60 Å². The molecule has 1 aliphatic heterocycles. The molecule has 1 saturated heterocycles. The van der Waals surface area contributed by atoms with Crippen molar-refractivity contribution in [1.29, 1.82) is 0 Å². The molecule has 0 aromatic rings. The van der Waals surface area contributed by atoms with Gasteiger partial charge in [0.15, 0.2) is 0 Å². The number of hydrogen-bond acceptors (Lipinski definition) is 1. The number of rotatable bonds is 5. The van der Waals surface area contributed by atoms with Crippen LogP contribution in [0.2, 0.25) is 0 Å². The second-order valence-corrected chi connectivity index (χ2v) is 4.79. The molecular formula is C14H22O. The highest BCUT2D eigenvalue weighted by atomic mass is 16.6. The molecule has 1 rings (SSSR count). The summed E-state index contributed by atoms with van der Waals surface area (Å²) in [5, 5.41) is 0. The first-order valence-corrected chi connectivity index (χ1v) is 5.64. The molecule has 0 aromatic heterocycles. The number of ether oxygens (including phenoxy) is 1. The molecular weight excluding hydrogens is 184 g/mol. The Hall–Kier alpha value is -0.820. The lowest BCUT2D eigenvalue weighted by molar-refractivity contribution is 0.370. The molecule has 0 bridgehead atoms. The van der Waals surface area contributed by atoms with Crippen LogP contribution in [0, 0.1) is 0 Å². The predicted octanol–water partition coefficient (Wildman–Crippen LogP) is 4.02. The van der Waals surface area contributed by atoms with Gasteiger partial charge in [0.2, 0.25) is 0 Å². The van der Waals surface area contributed by atoms with Gasteiger partial charge in [0, 0.05) is 0 Å². The van der Waals surface area contributed by atoms with Crippen molar-refractivity contribution < 1.29 is 4.74 Å². The van der Waals surface area contributed by atoms with Crippen LogP contribution in [0.4, 0.5) is 0 Å². The van der Waals surface area contributed by atoms with Gasteiger partial charge in [-0.3, -0.25) is 0 Å². The van der Waals surface area contributed by atoms with E-state index in [0.717, 1.165) is 19.4 Å². The van der Waals surface area contributed by atoms with Gasteiger partial charge in [-0.2, -0.15) is 0 Å². The topological polar surface area (TPSA) is 12.5 Å². The lowest BCUT2D eigenvalue weighted by Gasteiger charge is -1.97. The summed E-state index contributed by atoms with van der Waals surface area (Å²) >= 11 is 0. The maximum Gasteiger partial charge on any atom is 0.107 e. The largest absolute Gasteiger partial charge is 0.365 e. The highest BCUT2D eigenvalue weighted by Gasteiger charge is 2.35. The third-order valence-electron chi connectivity index (χ3n) is 2.52. The summed E-state index contributed by atoms with van der Waals surface area (Å²) in [4.78, 5) is 0. The Morgan fingerprint density at radius 2 is 2.00 bits per heavy atom. The van der Waals surface area contributed by atoms with E-state index >= 15 is 0 Å². The molecule has 1 heteroatoms. The molecule has 84 valence electrons. The highest BCUT2D eigenvalue weighted by Crippen LogP contribution is 2.27. The van der Waals surface area contributed by atoms with Crippen LogP contribution in [0.3, 0.4) is 0 Å². The van der Waals surface area contributed by atoms with Crippen molar-refractivity contribution in [3.63, 3.8) is 0 Å². The van der Waals surface area contributed by atoms with E-state index in [1.165, 1.54) is 11.1 Å². The van der Waals surface area contributed by atoms with Crippen LogP contribution >= 0.6 is 0 Å². The fraction of sp³-hybridized carbons (Fsp3) is 0.571. The van der Waals surface area contributed by atoms with E-state index in [1.54, 1.807) is 0 Å². The number of allylic oxidation sites excluding steroid dienone is 5. The van der Waals surface area contributed by atoms with E-state index in [2.05, 4.69) is 52.0 Å². The van der Waals surface area contributed by atoms with Gasteiger partial charge in [-0.1, -0.05) is 35.5 Å². The van der Waals surface area contributed by atoms with E-state index in [-0.39, 0.29) is 5.60 Å². The lowest BCUT2D eigenvalue weighted by Crippen LogP contribution is -1.95. The number of hydrogen-bond donors (Lipinski definition) is 0. The van der Waals surface area contributed by atoms with E-state index in [4.69, 9.17) is 4.74 Å². The van der Waals surface area contributed by atoms with Gasteiger partial charge in [-0.25, -0.2) is 0 Å². The quantitative estimate of drug-likeness (QED) is 0.376. The standard InChI is InChI=1S/C14H22O/c1-12(2)7-5-8-13(3)9-6-10-14(4)11-15-14/h6-7,9-10H,5,8,11H2,1-4H3/b10-6+,13-9+. The van der Waals surface area contributed by atoms with Gasteiger partial charge in [-0.05, 0) is 40.5 Å². The highest BCUT2D eigenvalue weighted by molar-refractivity contribution is 5.17. The molecule has 1 heterocycles. The minimum Gasteiger partial charge on any atom is -0.365 e. The third-order valence-corrected chi connectivity index (χ3v) is 2.52. The van der Waals surface area contributed by atoms with Crippen molar-refractivity contribution in [2.24, 2.45) is 0 Å². The minimum atomic E-state index is 0.0384. The van der Waals surface area contributed by atoms with Crippen LogP contribution in [-0.2, 0) is 4.74 Å². The molecule has 0 saturated carbocycles. The maximum atomic E-state index is 5.26. The smallest absolute Gasteiger partial charge is 0.107 e. The summed E-state index contributed by atoms with van der Waals surface area (Å²) in [6, 6.07) is 0. The zero-order valence-electron chi connectivity index (χ0n) is 10.3. The second kappa shape index (κ2) is 5.32. The molecule has 15 heavy (non-hydrogen) atoms. The Morgan fingerprint density at radius 1 is 1.33 bits per heavy atom. The van der Waals surface area contributed by atoms with Crippen molar-refractivity contribution in [2.75, 3.05) is 6.61 Å². The number of epoxide rings is 1. The van der Waals surface area contributed by atoms with E-state index < -0.39 is 0 Å². The Balaban J connectivity index is 2.27. The van der Waals surface area contributed by atoms with Crippen molar-refractivity contribution >= 4 is 0 Å². The molecule has 0 N–H and O–H groups in total. The molecule has 1 fully saturated rings. The predicted molar refractivity (Wildman–Crippen MR) is 65.9 cm³/mol. The van der Waals surface area contributed by atoms with Crippen LogP contribution in [0.15, 0.2) is 35.5 Å². The first kappa shape index (κ1) is 12.3. The van der Waals surface area contributed by atoms with Crippen LogP contribution < -0.4 is 0 Å². The minimum absolute atomic E-state index is 0.0384. The second-order valence-electron chi connectivity index (χ2n) is 4.79. The molecule has 0 spiro atoms. The summed E-state index contributed by atoms with van der Waals surface area (Å²) in [5.74, 6) is 0. The van der Waals surface area contributed by atoms with E-state index in [9.17, 15) is 0 Å². The molecule has 1 nitrogen and oxygen atoms in total. The summed E-state index contributed by atoms with van der Waals surface area (Å²) < 4.78 is 5.26. The van der Waals surface area contributed by atoms with Gasteiger partial charge in [-0.15, -0.1) is 0 Å². The average Bonchev–Trinajstić information content (AvgIpc) is 2.83. The lowest BCUT2D eigenvalue weighted by atomic mass is 10.1. The molecule has 0 aromatic carbocycles. The monoisotopic (exact) mass is 206 g/mol. The Morgan fingerprint density at radius 3 is 2.53 bits per heavy atom. The van der Waals surface area contributed by atoms with Crippen LogP contribution in [0.1, 0.15) is 40.5 Å². The Labute approximate surface area is 93.5 Å². The molecule has 0 amide bonds. The van der Waals surface area contributed by atoms with Crippen LogP contribution in [0.5, 0.6) is 0 Å². The Kier molecular flexibility index (Phi) is 4.34. The fourth-order valence-electron chi connectivity index (χ4n) is 1.30. The maximum absolute atomic E-state index is 5.26. The van der Waals surface area contributed by atoms with Gasteiger partial charge >= 0.3 is 0 Å². The van der Waals surface area contributed by atoms with Crippen molar-refractivity contribution in [3.05, 3.63) is 35.5 Å². The molecule has 1 aliphatic rings. The molecule has 0 radical (unpaired) electrons. The van der Waals surface area contributed by atoms with Crippen molar-refractivity contribution in [3.8, 4) is 0 Å². The first-order chi connectivity index (χ1) is 7.02. The van der Waals surface area contributed by atoms with Crippen molar-refractivity contribution in [1.82, 2.24) is 0 Å². The van der Waals surface area contributed by atoms with Gasteiger partial charge in [0.05, 0.1) is 6.61 Å². The third kappa shape index (κ3) is 5.58. The molecule has 1 atom stereocenters. The van der Waals surface area contributed by atoms with E-state index in [0.29, 0.717) is 0 Å². The zero-order chi connectivity index (χ0) is 11.3. The van der Waals surface area contributed by atoms with Gasteiger partial charge < -0.3 is 4.74 Å². The van der Waals surface area contributed by atoms with Crippen molar-refractivity contribution in [2.45, 2.75) is 46.1 Å². The Bertz CT molecular complexity index is 286. The SMILES string of the molecule is CC(C)=CCC/C(C)=C/C=C/C1(C)CO1. The summed E-state index contributed by atoms with van der Waals surface area (Å²) in [6.07, 6.45) is 11.0. The van der Waals surface area contributed by atoms with Crippen LogP contribution in [0.25, 0.3) is 0 Å². The molecule has 1 unspecified atom stereocenters. The average molecular weight is 206 g/mol. The summed E-state index contributed by atoms with van der Waals surface area (Å²) in [7, 11) is 0. The van der Waals surface area contributed by atoms with Crippen LogP contribution in [-0.4, -0.2) is 12.2 Å². The normalized spacial score (nSPS) is 25.7. The summed E-state index contributed by atoms with van der Waals surface area (Å²) in [6.45, 7) is 9.44. The zero-order valence-corrected chi connectivity index (χ0v) is 10.3. The van der Waals surface area contributed by atoms with Gasteiger partial charge in [0.25, 0.3) is 0 Å². The fourth-order valence-corrected chi connectivity index (χ4v) is 1.30. The molecule has 0 aliphatic carbocycles.